The molecule has 138 valence electrons. The van der Waals surface area contributed by atoms with Gasteiger partial charge in [-0.05, 0) is 19.1 Å². The van der Waals surface area contributed by atoms with Crippen molar-refractivity contribution in [3.8, 4) is 0 Å². The van der Waals surface area contributed by atoms with E-state index in [2.05, 4.69) is 17.9 Å². The van der Waals surface area contributed by atoms with Crippen LogP contribution in [0, 0.1) is 0 Å². The van der Waals surface area contributed by atoms with E-state index in [-0.39, 0.29) is 18.2 Å². The highest BCUT2D eigenvalue weighted by Gasteiger charge is 2.04. The second-order valence-electron chi connectivity index (χ2n) is 3.70. The smallest absolute Gasteiger partial charge is 0.220 e. The van der Waals surface area contributed by atoms with Gasteiger partial charge in [-0.25, -0.2) is 8.42 Å². The molecule has 1 N–H and O–H groups in total. The van der Waals surface area contributed by atoms with Crippen molar-refractivity contribution in [3.63, 3.8) is 0 Å². The van der Waals surface area contributed by atoms with Crippen molar-refractivity contribution >= 4 is 28.4 Å². The molecule has 0 fully saturated rings. The highest BCUT2D eigenvalue weighted by molar-refractivity contribution is 7.90. The van der Waals surface area contributed by atoms with Crippen molar-refractivity contribution in [2.45, 2.75) is 53.9 Å². The van der Waals surface area contributed by atoms with Crippen LogP contribution in [0.25, 0.3) is 0 Å². The van der Waals surface area contributed by atoms with Gasteiger partial charge >= 0.3 is 0 Å². The fourth-order valence-electron chi connectivity index (χ4n) is 1.05. The highest BCUT2D eigenvalue weighted by Crippen LogP contribution is 1.91. The first kappa shape index (κ1) is 29.7. The molecule has 0 aromatic rings. The molecule has 0 aliphatic heterocycles. The number of hydrogen-bond donors (Lipinski definition) is 2. The lowest BCUT2D eigenvalue weighted by Gasteiger charge is -2.04. The molecular weight excluding hydrogens is 322 g/mol. The van der Waals surface area contributed by atoms with Crippen LogP contribution in [-0.2, 0) is 19.4 Å². The molecule has 0 spiro atoms. The Kier molecular flexibility index (Phi) is 34.7. The Hall–Kier alpha value is -0.270. The average Bonchev–Trinajstić information content (AvgIpc) is 2.52. The zero-order valence-electron chi connectivity index (χ0n) is 15.4. The van der Waals surface area contributed by atoms with Crippen LogP contribution in [0.4, 0.5) is 0 Å². The third-order valence-electron chi connectivity index (χ3n) is 1.84. The zero-order valence-corrected chi connectivity index (χ0v) is 17.1. The fraction of sp³-hybridized carbons (Fsp3) is 0.933. The molecule has 0 radical (unpaired) electrons. The van der Waals surface area contributed by atoms with Crippen LogP contribution in [-0.4, -0.2) is 52.3 Å². The van der Waals surface area contributed by atoms with Crippen molar-refractivity contribution in [1.82, 2.24) is 5.32 Å². The van der Waals surface area contributed by atoms with Gasteiger partial charge < -0.3 is 10.1 Å². The van der Waals surface area contributed by atoms with Crippen molar-refractivity contribution in [2.75, 3.05) is 38.0 Å². The van der Waals surface area contributed by atoms with Crippen molar-refractivity contribution in [1.29, 1.82) is 0 Å². The Labute approximate surface area is 143 Å². The molecule has 22 heavy (non-hydrogen) atoms. The predicted octanol–water partition coefficient (Wildman–Crippen LogP) is 2.95. The van der Waals surface area contributed by atoms with E-state index in [1.165, 1.54) is 0 Å². The van der Waals surface area contributed by atoms with E-state index in [1.54, 1.807) is 6.26 Å². The zero-order chi connectivity index (χ0) is 18.4. The molecule has 5 nitrogen and oxygen atoms in total. The minimum absolute atomic E-state index is 0.00885. The van der Waals surface area contributed by atoms with Crippen LogP contribution in [0.15, 0.2) is 0 Å². The molecule has 0 saturated heterocycles. The van der Waals surface area contributed by atoms with Gasteiger partial charge in [0.25, 0.3) is 0 Å². The van der Waals surface area contributed by atoms with Gasteiger partial charge in [-0.2, -0.15) is 12.6 Å². The molecule has 0 aromatic heterocycles. The maximum absolute atomic E-state index is 11.2. The molecule has 0 heterocycles. The van der Waals surface area contributed by atoms with Crippen LogP contribution >= 0.6 is 12.6 Å². The maximum Gasteiger partial charge on any atom is 0.220 e. The van der Waals surface area contributed by atoms with Gasteiger partial charge in [0.2, 0.25) is 5.91 Å². The summed E-state index contributed by atoms with van der Waals surface area (Å²) in [6.07, 6.45) is 4.87. The van der Waals surface area contributed by atoms with Gasteiger partial charge in [0, 0.05) is 32.4 Å². The van der Waals surface area contributed by atoms with Crippen molar-refractivity contribution in [3.05, 3.63) is 0 Å². The third-order valence-corrected chi connectivity index (χ3v) is 2.78. The number of nitrogens with one attached hydrogen (secondary N) is 1. The van der Waals surface area contributed by atoms with E-state index in [9.17, 15) is 13.2 Å². The molecule has 0 unspecified atom stereocenters. The summed E-state index contributed by atoms with van der Waals surface area (Å²) in [6, 6.07) is 0. The molecule has 0 atom stereocenters. The summed E-state index contributed by atoms with van der Waals surface area (Å²) >= 11 is 3.53. The molecule has 0 rings (SSSR count). The van der Waals surface area contributed by atoms with Gasteiger partial charge in [0.15, 0.2) is 0 Å². The first-order chi connectivity index (χ1) is 10.5. The fourth-order valence-corrected chi connectivity index (χ4v) is 1.52. The van der Waals surface area contributed by atoms with Gasteiger partial charge in [0.1, 0.15) is 9.84 Å². The quantitative estimate of drug-likeness (QED) is 0.490. The van der Waals surface area contributed by atoms with E-state index in [1.807, 2.05) is 34.6 Å². The maximum atomic E-state index is 11.2. The summed E-state index contributed by atoms with van der Waals surface area (Å²) in [5, 5.41) is 2.56. The summed E-state index contributed by atoms with van der Waals surface area (Å²) < 4.78 is 26.8. The van der Waals surface area contributed by atoms with Gasteiger partial charge in [-0.1, -0.05) is 34.6 Å². The summed E-state index contributed by atoms with van der Waals surface area (Å²) in [7, 11) is -2.99. The molecule has 0 aliphatic rings. The topological polar surface area (TPSA) is 72.5 Å². The number of amides is 1. The van der Waals surface area contributed by atoms with Crippen LogP contribution in [0.1, 0.15) is 53.9 Å². The molecular formula is C15H37NO4S2. The van der Waals surface area contributed by atoms with Crippen molar-refractivity contribution in [2.24, 2.45) is 0 Å². The van der Waals surface area contributed by atoms with Crippen LogP contribution < -0.4 is 5.32 Å². The Morgan fingerprint density at radius 1 is 1.09 bits per heavy atom. The predicted molar refractivity (Wildman–Crippen MR) is 101 cm³/mol. The molecule has 0 aromatic carbocycles. The molecule has 7 heteroatoms. The van der Waals surface area contributed by atoms with Crippen LogP contribution in [0.2, 0.25) is 0 Å². The lowest BCUT2D eigenvalue weighted by molar-refractivity contribution is -0.121. The highest BCUT2D eigenvalue weighted by atomic mass is 32.2. The number of sulfone groups is 1. The second-order valence-corrected chi connectivity index (χ2v) is 5.96. The van der Waals surface area contributed by atoms with Crippen LogP contribution in [0.3, 0.4) is 0 Å². The minimum Gasteiger partial charge on any atom is -0.381 e. The van der Waals surface area contributed by atoms with Crippen molar-refractivity contribution < 1.29 is 17.9 Å². The van der Waals surface area contributed by atoms with E-state index in [0.29, 0.717) is 19.4 Å². The minimum atomic E-state index is -2.99. The molecule has 0 aliphatic carbocycles. The van der Waals surface area contributed by atoms with E-state index >= 15 is 0 Å². The standard InChI is InChI=1S/C10H21NO4S.2C2H6.CH4S/c1-3-7-15-8-4-5-10(12)11-6-9-16(2,13)14;3*1-2/h3-9H2,1-2H3,(H,11,12);2*1-2H3;2H,1H3. The number of carbonyl (C=O) groups is 1. The number of rotatable bonds is 9. The van der Waals surface area contributed by atoms with Crippen LogP contribution in [0.5, 0.6) is 0 Å². The summed E-state index contributed by atoms with van der Waals surface area (Å²) in [4.78, 5) is 11.2. The normalized spacial score (nSPS) is 9.09. The Morgan fingerprint density at radius 2 is 1.59 bits per heavy atom. The second kappa shape index (κ2) is 25.7. The van der Waals surface area contributed by atoms with Gasteiger partial charge in [-0.15, -0.1) is 0 Å². The molecule has 0 saturated carbocycles. The van der Waals surface area contributed by atoms with Gasteiger partial charge in [0.05, 0.1) is 5.75 Å². The van der Waals surface area contributed by atoms with E-state index < -0.39 is 9.84 Å². The monoisotopic (exact) mass is 359 g/mol. The first-order valence-electron chi connectivity index (χ1n) is 7.92. The first-order valence-corrected chi connectivity index (χ1v) is 10.9. The summed E-state index contributed by atoms with van der Waals surface area (Å²) in [5.41, 5.74) is 0. The Balaban J connectivity index is -0.000000238. The largest absolute Gasteiger partial charge is 0.381 e. The number of ether oxygens (including phenoxy) is 1. The third kappa shape index (κ3) is 36.7. The lowest BCUT2D eigenvalue weighted by Crippen LogP contribution is -2.28. The number of thiol groups is 1. The molecule has 0 bridgehead atoms. The SMILES string of the molecule is CC.CC.CCCOCCCC(=O)NCCS(C)(=O)=O.CS. The van der Waals surface area contributed by atoms with E-state index in [4.69, 9.17) is 4.74 Å². The number of carbonyl (C=O) groups excluding carboxylic acids is 1. The lowest BCUT2D eigenvalue weighted by atomic mass is 10.3. The van der Waals surface area contributed by atoms with E-state index in [0.717, 1.165) is 19.3 Å². The summed E-state index contributed by atoms with van der Waals surface area (Å²) in [5.74, 6) is -0.130. The van der Waals surface area contributed by atoms with Gasteiger partial charge in [-0.3, -0.25) is 4.79 Å². The Morgan fingerprint density at radius 3 is 2.00 bits per heavy atom. The Bertz CT molecular complexity index is 294. The summed E-state index contributed by atoms with van der Waals surface area (Å²) in [6.45, 7) is 11.5. The average molecular weight is 360 g/mol. The molecule has 1 amide bonds. The number of hydrogen-bond acceptors (Lipinski definition) is 5.